The molecule has 1 aromatic carbocycles. The normalized spacial score (nSPS) is 8.71. The van der Waals surface area contributed by atoms with Gasteiger partial charge in [0.2, 0.25) is 0 Å². The van der Waals surface area contributed by atoms with Crippen molar-refractivity contribution in [2.24, 2.45) is 0 Å². The second-order valence-corrected chi connectivity index (χ2v) is 3.05. The lowest BCUT2D eigenvalue weighted by Gasteiger charge is -2.14. The third kappa shape index (κ3) is 3.29. The molecule has 0 saturated heterocycles. The minimum Gasteiger partial charge on any atom is -0.496 e. The number of anilines is 1. The first-order chi connectivity index (χ1) is 6.65. The van der Waals surface area contributed by atoms with E-state index < -0.39 is 0 Å². The van der Waals surface area contributed by atoms with Crippen molar-refractivity contribution in [3.63, 3.8) is 0 Å². The van der Waals surface area contributed by atoms with Gasteiger partial charge in [-0.1, -0.05) is 13.8 Å². The van der Waals surface area contributed by atoms with Crippen molar-refractivity contribution >= 4 is 5.69 Å². The molecule has 0 aliphatic carbocycles. The summed E-state index contributed by atoms with van der Waals surface area (Å²) in [5.74, 6) is 0.945. The Morgan fingerprint density at radius 2 is 1.71 bits per heavy atom. The van der Waals surface area contributed by atoms with Gasteiger partial charge in [0.25, 0.3) is 0 Å². The molecule has 0 bridgehead atoms. The van der Waals surface area contributed by atoms with Crippen LogP contribution in [-0.2, 0) is 0 Å². The van der Waals surface area contributed by atoms with Gasteiger partial charge < -0.3 is 9.64 Å². The van der Waals surface area contributed by atoms with Crippen LogP contribution in [0.4, 0.5) is 5.69 Å². The zero-order valence-electron chi connectivity index (χ0n) is 10.1. The molecule has 80 valence electrons. The Hall–Kier alpha value is -1.18. The first-order valence-electron chi connectivity index (χ1n) is 4.97. The lowest BCUT2D eigenvalue weighted by Crippen LogP contribution is -2.08. The summed E-state index contributed by atoms with van der Waals surface area (Å²) in [6, 6.07) is 6.15. The zero-order valence-corrected chi connectivity index (χ0v) is 10.1. The Balaban J connectivity index is 0.000000791. The molecule has 0 spiro atoms. The first kappa shape index (κ1) is 12.8. The molecule has 14 heavy (non-hydrogen) atoms. The first-order valence-corrected chi connectivity index (χ1v) is 4.97. The van der Waals surface area contributed by atoms with Crippen molar-refractivity contribution in [2.75, 3.05) is 26.1 Å². The number of ether oxygens (including phenoxy) is 1. The van der Waals surface area contributed by atoms with E-state index in [1.54, 1.807) is 7.11 Å². The van der Waals surface area contributed by atoms with Crippen LogP contribution in [0.5, 0.6) is 5.75 Å². The lowest BCUT2D eigenvalue weighted by atomic mass is 10.2. The van der Waals surface area contributed by atoms with Gasteiger partial charge >= 0.3 is 0 Å². The van der Waals surface area contributed by atoms with Crippen molar-refractivity contribution in [3.05, 3.63) is 23.8 Å². The Bertz CT molecular complexity index is 269. The van der Waals surface area contributed by atoms with Gasteiger partial charge in [0.05, 0.1) is 7.11 Å². The Labute approximate surface area is 87.5 Å². The van der Waals surface area contributed by atoms with Crippen LogP contribution >= 0.6 is 0 Å². The van der Waals surface area contributed by atoms with Crippen molar-refractivity contribution < 1.29 is 4.74 Å². The summed E-state index contributed by atoms with van der Waals surface area (Å²) in [6.45, 7) is 6.05. The maximum absolute atomic E-state index is 5.16. The highest BCUT2D eigenvalue weighted by Crippen LogP contribution is 2.22. The summed E-state index contributed by atoms with van der Waals surface area (Å²) in [5, 5.41) is 0. The number of nitrogens with zero attached hydrogens (tertiary/aromatic N) is 1. The monoisotopic (exact) mass is 195 g/mol. The number of hydrogen-bond donors (Lipinski definition) is 0. The maximum atomic E-state index is 5.16. The summed E-state index contributed by atoms with van der Waals surface area (Å²) in [5.41, 5.74) is 2.37. The van der Waals surface area contributed by atoms with Gasteiger partial charge in [0.15, 0.2) is 0 Å². The Morgan fingerprint density at radius 1 is 1.14 bits per heavy atom. The highest BCUT2D eigenvalue weighted by molar-refractivity contribution is 5.51. The topological polar surface area (TPSA) is 12.5 Å². The van der Waals surface area contributed by atoms with Gasteiger partial charge in [-0.25, -0.2) is 0 Å². The standard InChI is InChI=1S/C10H15NO.C2H6/c1-8-7-9(11(2)3)5-6-10(8)12-4;1-2/h5-7H,1-4H3;1-2H3. The molecule has 0 heterocycles. The molecule has 2 heteroatoms. The van der Waals surface area contributed by atoms with Gasteiger partial charge in [-0.3, -0.25) is 0 Å². The van der Waals surface area contributed by atoms with Crippen LogP contribution in [-0.4, -0.2) is 21.2 Å². The van der Waals surface area contributed by atoms with E-state index in [2.05, 4.69) is 11.0 Å². The van der Waals surface area contributed by atoms with E-state index >= 15 is 0 Å². The predicted octanol–water partition coefficient (Wildman–Crippen LogP) is 3.10. The van der Waals surface area contributed by atoms with E-state index in [1.807, 2.05) is 47.0 Å². The molecule has 0 atom stereocenters. The van der Waals surface area contributed by atoms with E-state index in [0.29, 0.717) is 0 Å². The molecule has 0 saturated carbocycles. The molecule has 2 nitrogen and oxygen atoms in total. The van der Waals surface area contributed by atoms with Crippen LogP contribution < -0.4 is 9.64 Å². The average molecular weight is 195 g/mol. The Kier molecular flexibility index (Phi) is 5.77. The number of methoxy groups -OCH3 is 1. The highest BCUT2D eigenvalue weighted by Gasteiger charge is 1.99. The molecule has 1 rings (SSSR count). The third-order valence-corrected chi connectivity index (χ3v) is 1.89. The van der Waals surface area contributed by atoms with Crippen LogP contribution in [0, 0.1) is 6.92 Å². The highest BCUT2D eigenvalue weighted by atomic mass is 16.5. The second-order valence-electron chi connectivity index (χ2n) is 3.05. The van der Waals surface area contributed by atoms with E-state index in [0.717, 1.165) is 5.75 Å². The largest absolute Gasteiger partial charge is 0.496 e. The minimum absolute atomic E-state index is 0.945. The number of benzene rings is 1. The van der Waals surface area contributed by atoms with Gasteiger partial charge in [0.1, 0.15) is 5.75 Å². The summed E-state index contributed by atoms with van der Waals surface area (Å²) >= 11 is 0. The molecule has 1 aromatic rings. The molecule has 0 radical (unpaired) electrons. The van der Waals surface area contributed by atoms with Crippen LogP contribution in [0.1, 0.15) is 19.4 Å². The summed E-state index contributed by atoms with van der Waals surface area (Å²) in [4.78, 5) is 2.08. The molecule has 0 aliphatic heterocycles. The van der Waals surface area contributed by atoms with Crippen LogP contribution in [0.25, 0.3) is 0 Å². The number of hydrogen-bond acceptors (Lipinski definition) is 2. The fraction of sp³-hybridized carbons (Fsp3) is 0.500. The number of aryl methyl sites for hydroxylation is 1. The fourth-order valence-electron chi connectivity index (χ4n) is 1.14. The molecule has 0 amide bonds. The predicted molar refractivity (Wildman–Crippen MR) is 63.4 cm³/mol. The van der Waals surface area contributed by atoms with Crippen molar-refractivity contribution in [1.29, 1.82) is 0 Å². The van der Waals surface area contributed by atoms with Crippen LogP contribution in [0.2, 0.25) is 0 Å². The molecule has 0 aromatic heterocycles. The maximum Gasteiger partial charge on any atom is 0.121 e. The summed E-state index contributed by atoms with van der Waals surface area (Å²) in [7, 11) is 5.75. The minimum atomic E-state index is 0.945. The van der Waals surface area contributed by atoms with Crippen molar-refractivity contribution in [1.82, 2.24) is 0 Å². The quantitative estimate of drug-likeness (QED) is 0.719. The second kappa shape index (κ2) is 6.30. The fourth-order valence-corrected chi connectivity index (χ4v) is 1.14. The van der Waals surface area contributed by atoms with E-state index in [9.17, 15) is 0 Å². The van der Waals surface area contributed by atoms with Gasteiger partial charge in [-0.2, -0.15) is 0 Å². The smallest absolute Gasteiger partial charge is 0.121 e. The molecule has 0 aliphatic rings. The van der Waals surface area contributed by atoms with E-state index in [1.165, 1.54) is 11.3 Å². The molecule has 0 unspecified atom stereocenters. The van der Waals surface area contributed by atoms with Crippen LogP contribution in [0.3, 0.4) is 0 Å². The van der Waals surface area contributed by atoms with Crippen molar-refractivity contribution in [3.8, 4) is 5.75 Å². The lowest BCUT2D eigenvalue weighted by molar-refractivity contribution is 0.411. The van der Waals surface area contributed by atoms with Crippen LogP contribution in [0.15, 0.2) is 18.2 Å². The average Bonchev–Trinajstić information content (AvgIpc) is 2.20. The van der Waals surface area contributed by atoms with Gasteiger partial charge in [-0.05, 0) is 30.7 Å². The van der Waals surface area contributed by atoms with Gasteiger partial charge in [0, 0.05) is 19.8 Å². The molecular weight excluding hydrogens is 174 g/mol. The number of rotatable bonds is 2. The molecule has 0 N–H and O–H groups in total. The van der Waals surface area contributed by atoms with E-state index in [4.69, 9.17) is 4.74 Å². The van der Waals surface area contributed by atoms with E-state index in [-0.39, 0.29) is 0 Å². The SMILES string of the molecule is CC.COc1ccc(N(C)C)cc1C. The van der Waals surface area contributed by atoms with Gasteiger partial charge in [-0.15, -0.1) is 0 Å². The zero-order chi connectivity index (χ0) is 11.1. The third-order valence-electron chi connectivity index (χ3n) is 1.89. The Morgan fingerprint density at radius 3 is 2.07 bits per heavy atom. The molecular formula is C12H21NO. The summed E-state index contributed by atoms with van der Waals surface area (Å²) < 4.78 is 5.16. The van der Waals surface area contributed by atoms with Crippen molar-refractivity contribution in [2.45, 2.75) is 20.8 Å². The summed E-state index contributed by atoms with van der Waals surface area (Å²) in [6.07, 6.45) is 0. The molecule has 0 fully saturated rings.